The van der Waals surface area contributed by atoms with Gasteiger partial charge in [0.05, 0.1) is 29.8 Å². The normalized spacial score (nSPS) is 12.2. The SMILES string of the molecule is CCCN(CCC)C(=O)C1=Cc2ccc(C(=O)Nc3ccc(CNC(=O)OCc4ccccc4)nc3)cc2N=C(N)C1. The van der Waals surface area contributed by atoms with E-state index in [-0.39, 0.29) is 31.4 Å². The molecule has 2 heterocycles. The van der Waals surface area contributed by atoms with Crippen LogP contribution in [0.3, 0.4) is 0 Å². The Kier molecular flexibility index (Phi) is 10.4. The molecule has 1 aliphatic rings. The van der Waals surface area contributed by atoms with Gasteiger partial charge in [-0.05, 0) is 48.7 Å². The third-order valence-electron chi connectivity index (χ3n) is 6.52. The number of fused-ring (bicyclic) bond motifs is 1. The number of nitrogens with two attached hydrogens (primary N) is 1. The van der Waals surface area contributed by atoms with Crippen molar-refractivity contribution < 1.29 is 19.1 Å². The number of anilines is 1. The van der Waals surface area contributed by atoms with Gasteiger partial charge in [0.15, 0.2) is 0 Å². The fraction of sp³-hybridized carbons (Fsp3) is 0.281. The molecule has 0 saturated carbocycles. The van der Waals surface area contributed by atoms with E-state index in [9.17, 15) is 14.4 Å². The van der Waals surface area contributed by atoms with Gasteiger partial charge in [0.25, 0.3) is 5.91 Å². The minimum absolute atomic E-state index is 0.0401. The van der Waals surface area contributed by atoms with Gasteiger partial charge in [-0.2, -0.15) is 0 Å². The molecular formula is C32H36N6O4. The van der Waals surface area contributed by atoms with E-state index in [0.29, 0.717) is 47.1 Å². The third kappa shape index (κ3) is 8.26. The minimum atomic E-state index is -0.546. The first kappa shape index (κ1) is 30.0. The lowest BCUT2D eigenvalue weighted by molar-refractivity contribution is -0.127. The number of carbonyl (C=O) groups excluding carboxylic acids is 3. The maximum atomic E-state index is 13.2. The van der Waals surface area contributed by atoms with Gasteiger partial charge in [0.1, 0.15) is 12.4 Å². The van der Waals surface area contributed by atoms with Gasteiger partial charge in [0, 0.05) is 36.2 Å². The molecule has 0 spiro atoms. The zero-order chi connectivity index (χ0) is 29.9. The van der Waals surface area contributed by atoms with E-state index in [2.05, 4.69) is 20.6 Å². The molecule has 0 radical (unpaired) electrons. The van der Waals surface area contributed by atoms with Crippen molar-refractivity contribution in [3.8, 4) is 0 Å². The van der Waals surface area contributed by atoms with Crippen LogP contribution < -0.4 is 16.4 Å². The number of hydrogen-bond donors (Lipinski definition) is 3. The topological polar surface area (TPSA) is 139 Å². The van der Waals surface area contributed by atoms with E-state index in [0.717, 1.165) is 24.0 Å². The van der Waals surface area contributed by atoms with E-state index in [4.69, 9.17) is 10.5 Å². The number of pyridine rings is 1. The number of nitrogens with one attached hydrogen (secondary N) is 2. The van der Waals surface area contributed by atoms with Crippen molar-refractivity contribution in [3.63, 3.8) is 0 Å². The summed E-state index contributed by atoms with van der Waals surface area (Å²) in [6.45, 7) is 5.81. The average Bonchev–Trinajstić information content (AvgIpc) is 3.17. The first-order chi connectivity index (χ1) is 20.4. The molecule has 2 aromatic carbocycles. The zero-order valence-electron chi connectivity index (χ0n) is 23.9. The highest BCUT2D eigenvalue weighted by atomic mass is 16.5. The Morgan fingerprint density at radius 2 is 1.76 bits per heavy atom. The van der Waals surface area contributed by atoms with Gasteiger partial charge in [-0.25, -0.2) is 9.79 Å². The Morgan fingerprint density at radius 1 is 1.00 bits per heavy atom. The summed E-state index contributed by atoms with van der Waals surface area (Å²) in [7, 11) is 0. The number of ether oxygens (including phenoxy) is 1. The summed E-state index contributed by atoms with van der Waals surface area (Å²) < 4.78 is 5.20. The zero-order valence-corrected chi connectivity index (χ0v) is 23.9. The van der Waals surface area contributed by atoms with Crippen LogP contribution in [-0.4, -0.2) is 46.7 Å². The molecule has 0 bridgehead atoms. The van der Waals surface area contributed by atoms with Crippen LogP contribution in [0.25, 0.3) is 6.08 Å². The van der Waals surface area contributed by atoms with Crippen LogP contribution in [0.4, 0.5) is 16.2 Å². The molecule has 0 fully saturated rings. The second-order valence-electron chi connectivity index (χ2n) is 9.92. The molecule has 3 aromatic rings. The minimum Gasteiger partial charge on any atom is -0.445 e. The van der Waals surface area contributed by atoms with Crippen LogP contribution in [0.5, 0.6) is 0 Å². The lowest BCUT2D eigenvalue weighted by atomic mass is 10.0. The van der Waals surface area contributed by atoms with Gasteiger partial charge in [-0.1, -0.05) is 50.2 Å². The number of alkyl carbamates (subject to hydrolysis) is 1. The second kappa shape index (κ2) is 14.6. The molecule has 0 atom stereocenters. The van der Waals surface area contributed by atoms with Crippen molar-refractivity contribution >= 4 is 41.2 Å². The Balaban J connectivity index is 1.36. The molecule has 0 saturated heterocycles. The summed E-state index contributed by atoms with van der Waals surface area (Å²) in [5.41, 5.74) is 10.4. The highest BCUT2D eigenvalue weighted by molar-refractivity contribution is 6.07. The Labute approximate surface area is 245 Å². The van der Waals surface area contributed by atoms with Crippen molar-refractivity contribution in [2.45, 2.75) is 46.3 Å². The average molecular weight is 569 g/mol. The summed E-state index contributed by atoms with van der Waals surface area (Å²) in [4.78, 5) is 48.8. The monoisotopic (exact) mass is 568 g/mol. The number of aromatic nitrogens is 1. The molecule has 4 rings (SSSR count). The van der Waals surface area contributed by atoms with E-state index in [1.165, 1.54) is 6.20 Å². The maximum Gasteiger partial charge on any atom is 0.407 e. The summed E-state index contributed by atoms with van der Waals surface area (Å²) in [5, 5.41) is 5.48. The van der Waals surface area contributed by atoms with E-state index in [1.54, 1.807) is 30.3 Å². The van der Waals surface area contributed by atoms with Crippen molar-refractivity contribution in [1.29, 1.82) is 0 Å². The number of carbonyl (C=O) groups is 3. The number of hydrogen-bond acceptors (Lipinski definition) is 7. The largest absolute Gasteiger partial charge is 0.445 e. The van der Waals surface area contributed by atoms with Crippen molar-refractivity contribution in [2.75, 3.05) is 18.4 Å². The number of rotatable bonds is 11. The molecule has 0 aliphatic carbocycles. The smallest absolute Gasteiger partial charge is 0.407 e. The molecule has 10 nitrogen and oxygen atoms in total. The van der Waals surface area contributed by atoms with Gasteiger partial charge in [-0.3, -0.25) is 14.6 Å². The lowest BCUT2D eigenvalue weighted by Gasteiger charge is -2.22. The number of benzene rings is 2. The number of nitrogens with zero attached hydrogens (tertiary/aromatic N) is 3. The molecule has 10 heteroatoms. The Hall–Kier alpha value is -4.99. The highest BCUT2D eigenvalue weighted by Crippen LogP contribution is 2.29. The molecule has 4 N–H and O–H groups in total. The molecular weight excluding hydrogens is 532 g/mol. The second-order valence-corrected chi connectivity index (χ2v) is 9.92. The summed E-state index contributed by atoms with van der Waals surface area (Å²) in [5.74, 6) is -0.0664. The van der Waals surface area contributed by atoms with Gasteiger partial charge >= 0.3 is 6.09 Å². The van der Waals surface area contributed by atoms with Gasteiger partial charge < -0.3 is 26.0 Å². The fourth-order valence-electron chi connectivity index (χ4n) is 4.47. The molecule has 1 aromatic heterocycles. The van der Waals surface area contributed by atoms with E-state index < -0.39 is 6.09 Å². The number of amides is 3. The Morgan fingerprint density at radius 3 is 2.45 bits per heavy atom. The van der Waals surface area contributed by atoms with Crippen LogP contribution in [0, 0.1) is 0 Å². The molecule has 42 heavy (non-hydrogen) atoms. The van der Waals surface area contributed by atoms with Crippen LogP contribution in [0.1, 0.15) is 60.3 Å². The fourth-order valence-corrected chi connectivity index (χ4v) is 4.47. The van der Waals surface area contributed by atoms with Gasteiger partial charge in [0.2, 0.25) is 5.91 Å². The highest BCUT2D eigenvalue weighted by Gasteiger charge is 2.21. The lowest BCUT2D eigenvalue weighted by Crippen LogP contribution is -2.34. The summed E-state index contributed by atoms with van der Waals surface area (Å²) in [6, 6.07) is 17.9. The predicted octanol–water partition coefficient (Wildman–Crippen LogP) is 5.18. The molecule has 1 aliphatic heterocycles. The van der Waals surface area contributed by atoms with E-state index in [1.807, 2.05) is 55.2 Å². The number of aliphatic imine (C=N–C) groups is 1. The van der Waals surface area contributed by atoms with Crippen LogP contribution in [0.15, 0.2) is 77.4 Å². The predicted molar refractivity (Wildman–Crippen MR) is 163 cm³/mol. The molecule has 0 unspecified atom stereocenters. The summed E-state index contributed by atoms with van der Waals surface area (Å²) >= 11 is 0. The number of amidine groups is 1. The van der Waals surface area contributed by atoms with Crippen molar-refractivity contribution in [2.24, 2.45) is 10.7 Å². The first-order valence-corrected chi connectivity index (χ1v) is 14.0. The van der Waals surface area contributed by atoms with E-state index >= 15 is 0 Å². The van der Waals surface area contributed by atoms with Crippen LogP contribution in [-0.2, 0) is 22.7 Å². The molecule has 218 valence electrons. The maximum absolute atomic E-state index is 13.2. The van der Waals surface area contributed by atoms with Gasteiger partial charge in [-0.15, -0.1) is 0 Å². The first-order valence-electron chi connectivity index (χ1n) is 14.0. The standard InChI is InChI=1S/C32H36N6O4/c1-3-14-38(15-4-2)31(40)25-16-23-10-11-24(17-28(23)37-29(33)18-25)30(39)36-27-13-12-26(34-20-27)19-35-32(41)42-21-22-8-6-5-7-9-22/h5-13,16-17,20H,3-4,14-15,18-19,21H2,1-2H3,(H2,33,37)(H,35,41)(H,36,39). The Bertz CT molecular complexity index is 1460. The quantitative estimate of drug-likeness (QED) is 0.291. The van der Waals surface area contributed by atoms with Crippen molar-refractivity contribution in [3.05, 3.63) is 94.8 Å². The van der Waals surface area contributed by atoms with Crippen LogP contribution in [0.2, 0.25) is 0 Å². The third-order valence-corrected chi connectivity index (χ3v) is 6.52. The summed E-state index contributed by atoms with van der Waals surface area (Å²) in [6.07, 6.45) is 4.78. The van der Waals surface area contributed by atoms with Crippen molar-refractivity contribution in [1.82, 2.24) is 15.2 Å². The molecule has 3 amide bonds. The van der Waals surface area contributed by atoms with Crippen LogP contribution >= 0.6 is 0 Å².